The lowest BCUT2D eigenvalue weighted by Gasteiger charge is -2.33. The first-order chi connectivity index (χ1) is 10.2. The van der Waals surface area contributed by atoms with Crippen molar-refractivity contribution in [2.24, 2.45) is 11.8 Å². The van der Waals surface area contributed by atoms with Crippen molar-refractivity contribution < 1.29 is 0 Å². The highest BCUT2D eigenvalue weighted by molar-refractivity contribution is 4.81. The Hall–Kier alpha value is -0.0800. The van der Waals surface area contributed by atoms with Gasteiger partial charge in [-0.2, -0.15) is 0 Å². The molecule has 2 aliphatic carbocycles. The van der Waals surface area contributed by atoms with Crippen LogP contribution in [-0.4, -0.2) is 36.6 Å². The van der Waals surface area contributed by atoms with Crippen molar-refractivity contribution >= 4 is 0 Å². The van der Waals surface area contributed by atoms with Crippen molar-refractivity contribution in [1.82, 2.24) is 10.2 Å². The van der Waals surface area contributed by atoms with E-state index in [0.29, 0.717) is 0 Å². The molecule has 0 aromatic heterocycles. The number of nitrogens with zero attached hydrogens (tertiary/aromatic N) is 1. The molecular weight excluding hydrogens is 256 g/mol. The van der Waals surface area contributed by atoms with Gasteiger partial charge in [-0.1, -0.05) is 46.5 Å². The summed E-state index contributed by atoms with van der Waals surface area (Å²) >= 11 is 0. The van der Waals surface area contributed by atoms with Crippen LogP contribution in [0, 0.1) is 11.8 Å². The quantitative estimate of drug-likeness (QED) is 0.711. The first-order valence-corrected chi connectivity index (χ1v) is 9.64. The third-order valence-corrected chi connectivity index (χ3v) is 5.75. The fourth-order valence-electron chi connectivity index (χ4n) is 4.18. The molecule has 2 nitrogen and oxygen atoms in total. The summed E-state index contributed by atoms with van der Waals surface area (Å²) in [5, 5.41) is 3.87. The predicted octanol–water partition coefficient (Wildman–Crippen LogP) is 4.45. The van der Waals surface area contributed by atoms with Gasteiger partial charge in [0.2, 0.25) is 0 Å². The van der Waals surface area contributed by atoms with Crippen molar-refractivity contribution in [3.05, 3.63) is 0 Å². The Bertz CT molecular complexity index is 271. The van der Waals surface area contributed by atoms with Gasteiger partial charge in [0, 0.05) is 25.2 Å². The van der Waals surface area contributed by atoms with Crippen LogP contribution >= 0.6 is 0 Å². The first-order valence-electron chi connectivity index (χ1n) is 9.64. The van der Waals surface area contributed by atoms with Crippen LogP contribution in [0.4, 0.5) is 0 Å². The topological polar surface area (TPSA) is 15.3 Å². The lowest BCUT2D eigenvalue weighted by atomic mass is 9.86. The van der Waals surface area contributed by atoms with Crippen molar-refractivity contribution in [3.8, 4) is 0 Å². The molecule has 2 fully saturated rings. The smallest absolute Gasteiger partial charge is 0.0110 e. The molecule has 2 saturated carbocycles. The molecule has 0 radical (unpaired) electrons. The molecule has 2 atom stereocenters. The largest absolute Gasteiger partial charge is 0.312 e. The molecule has 21 heavy (non-hydrogen) atoms. The van der Waals surface area contributed by atoms with E-state index >= 15 is 0 Å². The monoisotopic (exact) mass is 294 g/mol. The Morgan fingerprint density at radius 3 is 2.29 bits per heavy atom. The van der Waals surface area contributed by atoms with E-state index in [1.807, 2.05) is 0 Å². The molecule has 2 aliphatic rings. The summed E-state index contributed by atoms with van der Waals surface area (Å²) in [6.45, 7) is 10.9. The SMILES string of the molecule is CC(C)CCN(CCNC1CCCCC1C)C1CCCC1. The molecular formula is C19H38N2. The summed E-state index contributed by atoms with van der Waals surface area (Å²) in [4.78, 5) is 2.80. The third kappa shape index (κ3) is 5.90. The lowest BCUT2D eigenvalue weighted by Crippen LogP contribution is -2.44. The average molecular weight is 295 g/mol. The zero-order valence-electron chi connectivity index (χ0n) is 14.7. The van der Waals surface area contributed by atoms with Crippen LogP contribution in [0.25, 0.3) is 0 Å². The summed E-state index contributed by atoms with van der Waals surface area (Å²) in [7, 11) is 0. The zero-order chi connectivity index (χ0) is 15.1. The van der Waals surface area contributed by atoms with Crippen LogP contribution in [-0.2, 0) is 0 Å². The third-order valence-electron chi connectivity index (χ3n) is 5.75. The fourth-order valence-corrected chi connectivity index (χ4v) is 4.18. The van der Waals surface area contributed by atoms with Crippen molar-refractivity contribution in [1.29, 1.82) is 0 Å². The second-order valence-electron chi connectivity index (χ2n) is 7.98. The molecule has 0 aromatic rings. The Kier molecular flexibility index (Phi) is 7.53. The van der Waals surface area contributed by atoms with Crippen LogP contribution < -0.4 is 5.32 Å². The molecule has 0 aliphatic heterocycles. The molecule has 0 spiro atoms. The number of rotatable bonds is 8. The lowest BCUT2D eigenvalue weighted by molar-refractivity contribution is 0.179. The highest BCUT2D eigenvalue weighted by Crippen LogP contribution is 2.25. The van der Waals surface area contributed by atoms with Gasteiger partial charge in [-0.25, -0.2) is 0 Å². The maximum Gasteiger partial charge on any atom is 0.0110 e. The van der Waals surface area contributed by atoms with Crippen molar-refractivity contribution in [2.45, 2.75) is 90.6 Å². The van der Waals surface area contributed by atoms with Gasteiger partial charge >= 0.3 is 0 Å². The van der Waals surface area contributed by atoms with Gasteiger partial charge in [0.25, 0.3) is 0 Å². The van der Waals surface area contributed by atoms with E-state index < -0.39 is 0 Å². The number of nitrogens with one attached hydrogen (secondary N) is 1. The summed E-state index contributed by atoms with van der Waals surface area (Å²) < 4.78 is 0. The predicted molar refractivity (Wildman–Crippen MR) is 92.7 cm³/mol. The van der Waals surface area contributed by atoms with Crippen LogP contribution in [0.15, 0.2) is 0 Å². The van der Waals surface area contributed by atoms with E-state index in [-0.39, 0.29) is 0 Å². The van der Waals surface area contributed by atoms with Gasteiger partial charge in [-0.3, -0.25) is 4.90 Å². The summed E-state index contributed by atoms with van der Waals surface area (Å²) in [5.74, 6) is 1.72. The molecule has 2 unspecified atom stereocenters. The molecule has 0 bridgehead atoms. The Labute approximate surface area is 133 Å². The van der Waals surface area contributed by atoms with Gasteiger partial charge < -0.3 is 5.32 Å². The summed E-state index contributed by atoms with van der Waals surface area (Å²) in [6.07, 6.45) is 12.9. The molecule has 0 heterocycles. The molecule has 0 amide bonds. The molecule has 0 saturated heterocycles. The van der Waals surface area contributed by atoms with E-state index in [9.17, 15) is 0 Å². The Balaban J connectivity index is 1.72. The van der Waals surface area contributed by atoms with Crippen molar-refractivity contribution in [2.75, 3.05) is 19.6 Å². The fraction of sp³-hybridized carbons (Fsp3) is 1.00. The summed E-state index contributed by atoms with van der Waals surface area (Å²) in [5.41, 5.74) is 0. The minimum atomic E-state index is 0.786. The molecule has 2 heteroatoms. The zero-order valence-corrected chi connectivity index (χ0v) is 14.7. The highest BCUT2D eigenvalue weighted by Gasteiger charge is 2.24. The van der Waals surface area contributed by atoms with E-state index in [4.69, 9.17) is 0 Å². The van der Waals surface area contributed by atoms with Crippen molar-refractivity contribution in [3.63, 3.8) is 0 Å². The second-order valence-corrected chi connectivity index (χ2v) is 7.98. The van der Waals surface area contributed by atoms with Gasteiger partial charge in [-0.05, 0) is 50.5 Å². The minimum absolute atomic E-state index is 0.786. The summed E-state index contributed by atoms with van der Waals surface area (Å²) in [6, 6.07) is 1.67. The van der Waals surface area contributed by atoms with Crippen LogP contribution in [0.3, 0.4) is 0 Å². The highest BCUT2D eigenvalue weighted by atomic mass is 15.2. The maximum absolute atomic E-state index is 3.87. The Morgan fingerprint density at radius 1 is 0.952 bits per heavy atom. The Morgan fingerprint density at radius 2 is 1.62 bits per heavy atom. The molecule has 1 N–H and O–H groups in total. The standard InChI is InChI=1S/C19H38N2/c1-16(2)12-14-21(18-9-5-6-10-18)15-13-20-19-11-7-4-8-17(19)3/h16-20H,4-15H2,1-3H3. The number of hydrogen-bond donors (Lipinski definition) is 1. The second kappa shape index (κ2) is 9.15. The average Bonchev–Trinajstić information content (AvgIpc) is 2.98. The van der Waals surface area contributed by atoms with Crippen LogP contribution in [0.1, 0.15) is 78.6 Å². The first kappa shape index (κ1) is 17.3. The van der Waals surface area contributed by atoms with Crippen LogP contribution in [0.2, 0.25) is 0 Å². The maximum atomic E-state index is 3.87. The molecule has 124 valence electrons. The molecule has 0 aromatic carbocycles. The van der Waals surface area contributed by atoms with Gasteiger partial charge in [0.1, 0.15) is 0 Å². The van der Waals surface area contributed by atoms with E-state index in [1.165, 1.54) is 77.4 Å². The minimum Gasteiger partial charge on any atom is -0.312 e. The number of hydrogen-bond acceptors (Lipinski definition) is 2. The van der Waals surface area contributed by atoms with Crippen LogP contribution in [0.5, 0.6) is 0 Å². The van der Waals surface area contributed by atoms with E-state index in [2.05, 4.69) is 31.0 Å². The van der Waals surface area contributed by atoms with Gasteiger partial charge in [-0.15, -0.1) is 0 Å². The van der Waals surface area contributed by atoms with E-state index in [0.717, 1.165) is 23.9 Å². The molecule has 2 rings (SSSR count). The normalized spacial score (nSPS) is 27.9. The van der Waals surface area contributed by atoms with Gasteiger partial charge in [0.05, 0.1) is 0 Å². The van der Waals surface area contributed by atoms with Gasteiger partial charge in [0.15, 0.2) is 0 Å². The van der Waals surface area contributed by atoms with E-state index in [1.54, 1.807) is 0 Å².